The second kappa shape index (κ2) is 6.25. The number of hydrogen-bond acceptors (Lipinski definition) is 6. The first-order valence-corrected chi connectivity index (χ1v) is 10.5. The Hall–Kier alpha value is -1.23. The minimum atomic E-state index is -3.88. The lowest BCUT2D eigenvalue weighted by molar-refractivity contribution is -0.384. The highest BCUT2D eigenvalue weighted by Gasteiger charge is 2.52. The normalized spacial score (nSPS) is 27.2. The summed E-state index contributed by atoms with van der Waals surface area (Å²) in [5.74, 6) is 0.0262. The van der Waals surface area contributed by atoms with Gasteiger partial charge in [-0.05, 0) is 18.4 Å². The SMILES string of the molecule is CS[C@@H]1C(=O)C[C@@H]2C=C(Br)[C@H]1N2S(=O)(=O)c1ccc([N+](=O)[O-])cc1. The van der Waals surface area contributed by atoms with Gasteiger partial charge in [0.1, 0.15) is 5.78 Å². The summed E-state index contributed by atoms with van der Waals surface area (Å²) in [4.78, 5) is 22.3. The van der Waals surface area contributed by atoms with Gasteiger partial charge in [0.25, 0.3) is 5.69 Å². The van der Waals surface area contributed by atoms with Gasteiger partial charge in [0.2, 0.25) is 10.0 Å². The molecule has 7 nitrogen and oxygen atoms in total. The number of thioether (sulfide) groups is 1. The molecule has 2 heterocycles. The number of ketones is 1. The predicted molar refractivity (Wildman–Crippen MR) is 93.6 cm³/mol. The molecule has 1 aromatic rings. The van der Waals surface area contributed by atoms with Crippen molar-refractivity contribution in [1.29, 1.82) is 0 Å². The van der Waals surface area contributed by atoms with Crippen molar-refractivity contribution in [2.45, 2.75) is 28.6 Å². The van der Waals surface area contributed by atoms with Crippen molar-refractivity contribution in [3.05, 3.63) is 44.9 Å². The van der Waals surface area contributed by atoms with Crippen molar-refractivity contribution >= 4 is 49.2 Å². The Bertz CT molecular complexity index is 837. The van der Waals surface area contributed by atoms with E-state index in [1.807, 2.05) is 0 Å². The second-order valence-corrected chi connectivity index (χ2v) is 9.21. The van der Waals surface area contributed by atoms with Crippen LogP contribution in [0.5, 0.6) is 0 Å². The number of Topliss-reactive ketones (excluding diaryl/α,β-unsaturated/α-hetero) is 1. The van der Waals surface area contributed by atoms with E-state index in [1.54, 1.807) is 12.3 Å². The maximum atomic E-state index is 13.0. The maximum absolute atomic E-state index is 13.0. The largest absolute Gasteiger partial charge is 0.298 e. The molecule has 10 heteroatoms. The van der Waals surface area contributed by atoms with Crippen LogP contribution in [0.4, 0.5) is 5.69 Å². The van der Waals surface area contributed by atoms with E-state index in [-0.39, 0.29) is 22.8 Å². The van der Waals surface area contributed by atoms with Crippen LogP contribution < -0.4 is 0 Å². The fourth-order valence-electron chi connectivity index (χ4n) is 3.06. The molecule has 1 aromatic carbocycles. The van der Waals surface area contributed by atoms with Crippen LogP contribution in [0.15, 0.2) is 39.7 Å². The number of sulfonamides is 1. The first-order chi connectivity index (χ1) is 11.3. The molecular weight excluding hydrogens is 420 g/mol. The van der Waals surface area contributed by atoms with Crippen molar-refractivity contribution in [2.24, 2.45) is 0 Å². The van der Waals surface area contributed by atoms with Gasteiger partial charge in [-0.1, -0.05) is 22.0 Å². The molecule has 0 aliphatic carbocycles. The number of nitro benzene ring substituents is 1. The molecule has 2 aliphatic heterocycles. The standard InChI is InChI=1S/C14H13BrN2O5S2/c1-23-14-12(18)7-9-6-11(15)13(14)16(9)24(21,22)10-4-2-8(3-5-10)17(19)20/h2-6,9,13-14H,7H2,1H3/t9-,13+,14+/m0/s1. The lowest BCUT2D eigenvalue weighted by Crippen LogP contribution is -2.54. The second-order valence-electron chi connectivity index (χ2n) is 5.48. The minimum absolute atomic E-state index is 0.0205. The number of piperidine rings is 1. The fourth-order valence-corrected chi connectivity index (χ4v) is 6.88. The first kappa shape index (κ1) is 17.6. The summed E-state index contributed by atoms with van der Waals surface area (Å²) < 4.78 is 28.1. The lowest BCUT2D eigenvalue weighted by Gasteiger charge is -2.38. The summed E-state index contributed by atoms with van der Waals surface area (Å²) in [7, 11) is -3.88. The monoisotopic (exact) mass is 432 g/mol. The summed E-state index contributed by atoms with van der Waals surface area (Å²) in [6, 6.07) is 3.68. The van der Waals surface area contributed by atoms with E-state index < -0.39 is 32.3 Å². The number of fused-ring (bicyclic) bond motifs is 2. The number of nitro groups is 1. The molecule has 0 amide bonds. The third-order valence-corrected chi connectivity index (χ3v) is 7.81. The maximum Gasteiger partial charge on any atom is 0.269 e. The highest BCUT2D eigenvalue weighted by molar-refractivity contribution is 9.11. The Kier molecular flexibility index (Phi) is 4.58. The Morgan fingerprint density at radius 1 is 1.33 bits per heavy atom. The minimum Gasteiger partial charge on any atom is -0.298 e. The number of halogens is 1. The highest BCUT2D eigenvalue weighted by Crippen LogP contribution is 2.43. The van der Waals surface area contributed by atoms with Crippen molar-refractivity contribution in [1.82, 2.24) is 4.31 Å². The summed E-state index contributed by atoms with van der Waals surface area (Å²) in [5, 5.41) is 10.3. The molecule has 0 aromatic heterocycles. The Morgan fingerprint density at radius 2 is 1.96 bits per heavy atom. The molecule has 2 aliphatic rings. The smallest absolute Gasteiger partial charge is 0.269 e. The van der Waals surface area contributed by atoms with Gasteiger partial charge in [0.05, 0.1) is 27.2 Å². The van der Waals surface area contributed by atoms with Crippen LogP contribution in [0.3, 0.4) is 0 Å². The van der Waals surface area contributed by atoms with Crippen molar-refractivity contribution in [2.75, 3.05) is 6.26 Å². The summed E-state index contributed by atoms with van der Waals surface area (Å²) >= 11 is 4.71. The number of nitrogens with zero attached hydrogens (tertiary/aromatic N) is 2. The van der Waals surface area contributed by atoms with E-state index in [4.69, 9.17) is 0 Å². The summed E-state index contributed by atoms with van der Waals surface area (Å²) in [6.45, 7) is 0. The van der Waals surface area contributed by atoms with Crippen LogP contribution in [0, 0.1) is 10.1 Å². The topological polar surface area (TPSA) is 97.6 Å². The third kappa shape index (κ3) is 2.71. The van der Waals surface area contributed by atoms with E-state index in [1.165, 1.54) is 40.3 Å². The Labute approximate surface area is 151 Å². The van der Waals surface area contributed by atoms with Gasteiger partial charge < -0.3 is 0 Å². The molecule has 0 saturated carbocycles. The molecule has 2 bridgehead atoms. The summed E-state index contributed by atoms with van der Waals surface area (Å²) in [6.07, 6.45) is 3.66. The van der Waals surface area contributed by atoms with Crippen LogP contribution in [-0.4, -0.2) is 47.0 Å². The van der Waals surface area contributed by atoms with Gasteiger partial charge >= 0.3 is 0 Å². The number of hydrogen-bond donors (Lipinski definition) is 0. The van der Waals surface area contributed by atoms with Crippen LogP contribution in [-0.2, 0) is 14.8 Å². The van der Waals surface area contributed by atoms with Crippen LogP contribution in [0.1, 0.15) is 6.42 Å². The lowest BCUT2D eigenvalue weighted by atomic mass is 10.0. The van der Waals surface area contributed by atoms with E-state index in [0.717, 1.165) is 0 Å². The predicted octanol–water partition coefficient (Wildman–Crippen LogP) is 2.32. The molecule has 1 saturated heterocycles. The molecule has 1 fully saturated rings. The van der Waals surface area contributed by atoms with Gasteiger partial charge in [-0.2, -0.15) is 16.1 Å². The van der Waals surface area contributed by atoms with E-state index in [0.29, 0.717) is 4.48 Å². The zero-order valence-corrected chi connectivity index (χ0v) is 15.7. The Morgan fingerprint density at radius 3 is 2.50 bits per heavy atom. The van der Waals surface area contributed by atoms with Gasteiger partial charge in [-0.3, -0.25) is 14.9 Å². The molecule has 24 heavy (non-hydrogen) atoms. The van der Waals surface area contributed by atoms with Crippen molar-refractivity contribution < 1.29 is 18.1 Å². The quantitative estimate of drug-likeness (QED) is 0.534. The van der Waals surface area contributed by atoms with E-state index >= 15 is 0 Å². The fraction of sp³-hybridized carbons (Fsp3) is 0.357. The van der Waals surface area contributed by atoms with Crippen molar-refractivity contribution in [3.8, 4) is 0 Å². The molecule has 3 atom stereocenters. The van der Waals surface area contributed by atoms with E-state index in [2.05, 4.69) is 15.9 Å². The third-order valence-electron chi connectivity index (χ3n) is 4.13. The molecule has 128 valence electrons. The molecule has 0 spiro atoms. The van der Waals surface area contributed by atoms with E-state index in [9.17, 15) is 23.3 Å². The summed E-state index contributed by atoms with van der Waals surface area (Å²) in [5.41, 5.74) is -0.174. The first-order valence-electron chi connectivity index (χ1n) is 6.98. The van der Waals surface area contributed by atoms with Gasteiger partial charge in [0, 0.05) is 23.0 Å². The molecule has 0 radical (unpaired) electrons. The number of carbonyl (C=O) groups is 1. The number of carbonyl (C=O) groups excluding carboxylic acids is 1. The van der Waals surface area contributed by atoms with Crippen LogP contribution in [0.2, 0.25) is 0 Å². The van der Waals surface area contributed by atoms with Gasteiger partial charge in [0.15, 0.2) is 0 Å². The number of non-ortho nitro benzene ring substituents is 1. The highest BCUT2D eigenvalue weighted by atomic mass is 79.9. The average Bonchev–Trinajstić information content (AvgIpc) is 2.79. The van der Waals surface area contributed by atoms with Crippen LogP contribution in [0.25, 0.3) is 0 Å². The van der Waals surface area contributed by atoms with Gasteiger partial charge in [-0.15, -0.1) is 0 Å². The zero-order valence-electron chi connectivity index (χ0n) is 12.5. The van der Waals surface area contributed by atoms with Crippen molar-refractivity contribution in [3.63, 3.8) is 0 Å². The van der Waals surface area contributed by atoms with Gasteiger partial charge in [-0.25, -0.2) is 8.42 Å². The average molecular weight is 433 g/mol. The molecular formula is C14H13BrN2O5S2. The molecule has 0 unspecified atom stereocenters. The Balaban J connectivity index is 2.01. The molecule has 0 N–H and O–H groups in total. The van der Waals surface area contributed by atoms with Crippen LogP contribution >= 0.6 is 27.7 Å². The zero-order chi connectivity index (χ0) is 17.6. The number of benzene rings is 1. The number of rotatable bonds is 4. The molecule has 3 rings (SSSR count).